The Balaban J connectivity index is 2.09. The van der Waals surface area contributed by atoms with E-state index in [1.165, 1.54) is 5.56 Å². The number of nitrogens with two attached hydrogens (primary N) is 1. The highest BCUT2D eigenvalue weighted by atomic mass is 16.4. The fourth-order valence-corrected chi connectivity index (χ4v) is 2.21. The minimum absolute atomic E-state index is 0.260. The van der Waals surface area contributed by atoms with Gasteiger partial charge in [-0.3, -0.25) is 9.88 Å². The average Bonchev–Trinajstić information content (AvgIpc) is 2.78. The molecule has 1 atom stereocenters. The number of oxime groups is 1. The summed E-state index contributed by atoms with van der Waals surface area (Å²) in [5.41, 5.74) is 6.74. The zero-order valence-electron chi connectivity index (χ0n) is 9.08. The highest BCUT2D eigenvalue weighted by molar-refractivity contribution is 5.81. The van der Waals surface area contributed by atoms with Crippen LogP contribution in [-0.2, 0) is 0 Å². The molecule has 0 aliphatic carbocycles. The van der Waals surface area contributed by atoms with Crippen molar-refractivity contribution in [1.29, 1.82) is 0 Å². The van der Waals surface area contributed by atoms with E-state index in [1.807, 2.05) is 12.3 Å². The van der Waals surface area contributed by atoms with Crippen molar-refractivity contribution in [2.24, 2.45) is 10.9 Å². The molecule has 0 unspecified atom stereocenters. The van der Waals surface area contributed by atoms with Crippen molar-refractivity contribution in [3.05, 3.63) is 30.1 Å². The van der Waals surface area contributed by atoms with Gasteiger partial charge in [-0.05, 0) is 31.0 Å². The Bertz CT molecular complexity index is 366. The first-order valence-corrected chi connectivity index (χ1v) is 5.41. The van der Waals surface area contributed by atoms with Gasteiger partial charge in [0.15, 0.2) is 5.84 Å². The van der Waals surface area contributed by atoms with E-state index in [2.05, 4.69) is 21.1 Å². The number of likely N-dealkylation sites (tertiary alicyclic amines) is 1. The molecule has 16 heavy (non-hydrogen) atoms. The Kier molecular flexibility index (Phi) is 3.36. The van der Waals surface area contributed by atoms with Crippen LogP contribution in [0.3, 0.4) is 0 Å². The summed E-state index contributed by atoms with van der Waals surface area (Å²) < 4.78 is 0. The third-order valence-corrected chi connectivity index (χ3v) is 2.93. The van der Waals surface area contributed by atoms with E-state index < -0.39 is 0 Å². The number of nitrogens with zero attached hydrogens (tertiary/aromatic N) is 3. The maximum atomic E-state index is 8.58. The molecule has 2 heterocycles. The van der Waals surface area contributed by atoms with Crippen LogP contribution in [0.25, 0.3) is 0 Å². The lowest BCUT2D eigenvalue weighted by Crippen LogP contribution is -2.33. The van der Waals surface area contributed by atoms with Crippen LogP contribution in [0.5, 0.6) is 0 Å². The second kappa shape index (κ2) is 4.94. The number of aromatic nitrogens is 1. The van der Waals surface area contributed by atoms with Crippen molar-refractivity contribution in [1.82, 2.24) is 9.88 Å². The minimum Gasteiger partial charge on any atom is -0.409 e. The third kappa shape index (κ3) is 2.30. The van der Waals surface area contributed by atoms with Crippen LogP contribution < -0.4 is 5.73 Å². The first kappa shape index (κ1) is 10.9. The van der Waals surface area contributed by atoms with E-state index in [-0.39, 0.29) is 5.84 Å². The Morgan fingerprint density at radius 1 is 1.69 bits per heavy atom. The predicted octanol–water partition coefficient (Wildman–Crippen LogP) is 0.965. The minimum atomic E-state index is 0.260. The number of hydrogen-bond acceptors (Lipinski definition) is 4. The van der Waals surface area contributed by atoms with Gasteiger partial charge < -0.3 is 10.9 Å². The number of rotatable bonds is 3. The molecule has 86 valence electrons. The molecule has 0 spiro atoms. The molecule has 1 aromatic rings. The fraction of sp³-hybridized carbons (Fsp3) is 0.455. The van der Waals surface area contributed by atoms with E-state index in [0.29, 0.717) is 12.6 Å². The van der Waals surface area contributed by atoms with E-state index >= 15 is 0 Å². The van der Waals surface area contributed by atoms with E-state index in [4.69, 9.17) is 10.9 Å². The van der Waals surface area contributed by atoms with Gasteiger partial charge in [0.25, 0.3) is 0 Å². The molecule has 1 fully saturated rings. The van der Waals surface area contributed by atoms with Crippen LogP contribution in [0, 0.1) is 0 Å². The van der Waals surface area contributed by atoms with Gasteiger partial charge in [0.05, 0.1) is 6.54 Å². The van der Waals surface area contributed by atoms with E-state index in [0.717, 1.165) is 19.4 Å². The van der Waals surface area contributed by atoms with Crippen LogP contribution >= 0.6 is 0 Å². The lowest BCUT2D eigenvalue weighted by molar-refractivity contribution is 0.279. The Morgan fingerprint density at radius 2 is 2.56 bits per heavy atom. The quantitative estimate of drug-likeness (QED) is 0.344. The number of hydrogen-bond donors (Lipinski definition) is 2. The monoisotopic (exact) mass is 220 g/mol. The smallest absolute Gasteiger partial charge is 0.153 e. The van der Waals surface area contributed by atoms with Gasteiger partial charge in [-0.15, -0.1) is 0 Å². The molecule has 5 nitrogen and oxygen atoms in total. The SMILES string of the molecule is NC(CN1CCC[C@@H]1c1cccnc1)=NO. The van der Waals surface area contributed by atoms with Gasteiger partial charge in [-0.1, -0.05) is 11.2 Å². The molecule has 5 heteroatoms. The van der Waals surface area contributed by atoms with Crippen molar-refractivity contribution in [2.75, 3.05) is 13.1 Å². The summed E-state index contributed by atoms with van der Waals surface area (Å²) in [5.74, 6) is 0.260. The number of amidine groups is 1. The Hall–Kier alpha value is -1.62. The van der Waals surface area contributed by atoms with E-state index in [9.17, 15) is 0 Å². The van der Waals surface area contributed by atoms with Gasteiger partial charge >= 0.3 is 0 Å². The van der Waals surface area contributed by atoms with Crippen LogP contribution in [0.4, 0.5) is 0 Å². The topological polar surface area (TPSA) is 74.7 Å². The molecule has 0 saturated carbocycles. The lowest BCUT2D eigenvalue weighted by atomic mass is 10.1. The lowest BCUT2D eigenvalue weighted by Gasteiger charge is -2.23. The summed E-state index contributed by atoms with van der Waals surface area (Å²) >= 11 is 0. The molecule has 0 bridgehead atoms. The van der Waals surface area contributed by atoms with Crippen LogP contribution in [0.15, 0.2) is 29.7 Å². The second-order valence-electron chi connectivity index (χ2n) is 4.01. The molecule has 3 N–H and O–H groups in total. The molecular formula is C11H16N4O. The maximum Gasteiger partial charge on any atom is 0.153 e. The van der Waals surface area contributed by atoms with Gasteiger partial charge in [0.1, 0.15) is 0 Å². The van der Waals surface area contributed by atoms with Crippen molar-refractivity contribution >= 4 is 5.84 Å². The Labute approximate surface area is 94.6 Å². The molecular weight excluding hydrogens is 204 g/mol. The maximum absolute atomic E-state index is 8.58. The fourth-order valence-electron chi connectivity index (χ4n) is 2.21. The summed E-state index contributed by atoms with van der Waals surface area (Å²) in [6.45, 7) is 1.49. The van der Waals surface area contributed by atoms with Crippen molar-refractivity contribution < 1.29 is 5.21 Å². The molecule has 0 amide bonds. The largest absolute Gasteiger partial charge is 0.409 e. The molecule has 0 aromatic carbocycles. The van der Waals surface area contributed by atoms with Crippen LogP contribution in [-0.4, -0.2) is 34.0 Å². The zero-order valence-corrected chi connectivity index (χ0v) is 9.08. The zero-order chi connectivity index (χ0) is 11.4. The summed E-state index contributed by atoms with van der Waals surface area (Å²) in [6.07, 6.45) is 5.89. The van der Waals surface area contributed by atoms with Gasteiger partial charge in [-0.25, -0.2) is 0 Å². The molecule has 1 aromatic heterocycles. The highest BCUT2D eigenvalue weighted by Crippen LogP contribution is 2.30. The van der Waals surface area contributed by atoms with E-state index in [1.54, 1.807) is 6.20 Å². The summed E-state index contributed by atoms with van der Waals surface area (Å²) in [4.78, 5) is 6.34. The van der Waals surface area contributed by atoms with Crippen LogP contribution in [0.2, 0.25) is 0 Å². The van der Waals surface area contributed by atoms with Gasteiger partial charge in [-0.2, -0.15) is 0 Å². The Morgan fingerprint density at radius 3 is 3.25 bits per heavy atom. The van der Waals surface area contributed by atoms with Crippen molar-refractivity contribution in [3.8, 4) is 0 Å². The van der Waals surface area contributed by atoms with Crippen molar-refractivity contribution in [2.45, 2.75) is 18.9 Å². The van der Waals surface area contributed by atoms with Gasteiger partial charge in [0.2, 0.25) is 0 Å². The molecule has 2 rings (SSSR count). The summed E-state index contributed by atoms with van der Waals surface area (Å²) in [6, 6.07) is 4.35. The molecule has 1 aliphatic rings. The summed E-state index contributed by atoms with van der Waals surface area (Å²) in [7, 11) is 0. The molecule has 1 saturated heterocycles. The predicted molar refractivity (Wildman–Crippen MR) is 61.2 cm³/mol. The number of pyridine rings is 1. The second-order valence-corrected chi connectivity index (χ2v) is 4.01. The van der Waals surface area contributed by atoms with Gasteiger partial charge in [0, 0.05) is 18.4 Å². The summed E-state index contributed by atoms with van der Waals surface area (Å²) in [5, 5.41) is 11.6. The molecule has 0 radical (unpaired) electrons. The molecule has 1 aliphatic heterocycles. The highest BCUT2D eigenvalue weighted by Gasteiger charge is 2.26. The third-order valence-electron chi connectivity index (χ3n) is 2.93. The standard InChI is InChI=1S/C11H16N4O/c12-11(14-16)8-15-6-2-4-10(15)9-3-1-5-13-7-9/h1,3,5,7,10,16H,2,4,6,8H2,(H2,12,14)/t10-/m1/s1. The first-order chi connectivity index (χ1) is 7.81. The van der Waals surface area contributed by atoms with Crippen LogP contribution in [0.1, 0.15) is 24.4 Å². The average molecular weight is 220 g/mol. The first-order valence-electron chi connectivity index (χ1n) is 5.41. The normalized spacial score (nSPS) is 22.5. The van der Waals surface area contributed by atoms with Crippen molar-refractivity contribution in [3.63, 3.8) is 0 Å².